The van der Waals surface area contributed by atoms with Crippen molar-refractivity contribution in [2.45, 2.75) is 69.2 Å². The van der Waals surface area contributed by atoms with Crippen molar-refractivity contribution < 1.29 is 4.74 Å². The van der Waals surface area contributed by atoms with Gasteiger partial charge in [0.05, 0.1) is 12.2 Å². The Morgan fingerprint density at radius 1 is 0.905 bits per heavy atom. The van der Waals surface area contributed by atoms with Crippen LogP contribution in [0.4, 0.5) is 0 Å². The van der Waals surface area contributed by atoms with E-state index >= 15 is 0 Å². The summed E-state index contributed by atoms with van der Waals surface area (Å²) in [6.45, 7) is 7.50. The van der Waals surface area contributed by atoms with Gasteiger partial charge in [-0.1, -0.05) is 0 Å². The van der Waals surface area contributed by atoms with E-state index in [2.05, 4.69) is 15.1 Å². The maximum absolute atomic E-state index is 6.24. The first-order chi connectivity index (χ1) is 10.4. The van der Waals surface area contributed by atoms with E-state index in [0.29, 0.717) is 12.2 Å². The second kappa shape index (κ2) is 6.53. The van der Waals surface area contributed by atoms with Gasteiger partial charge in [-0.3, -0.25) is 9.80 Å². The number of hydrogen-bond acceptors (Lipinski definition) is 4. The molecule has 0 spiro atoms. The summed E-state index contributed by atoms with van der Waals surface area (Å²) in [4.78, 5) is 5.38. The molecular weight excluding hydrogens is 262 g/mol. The molecule has 3 aliphatic heterocycles. The molecule has 3 atom stereocenters. The molecule has 3 unspecified atom stereocenters. The van der Waals surface area contributed by atoms with E-state index in [1.54, 1.807) is 0 Å². The average Bonchev–Trinajstić information content (AvgIpc) is 2.93. The van der Waals surface area contributed by atoms with Gasteiger partial charge in [-0.05, 0) is 64.6 Å². The highest BCUT2D eigenvalue weighted by molar-refractivity contribution is 4.88. The van der Waals surface area contributed by atoms with E-state index in [1.807, 2.05) is 0 Å². The number of likely N-dealkylation sites (tertiary alicyclic amines) is 2. The lowest BCUT2D eigenvalue weighted by Crippen LogP contribution is -2.37. The Kier molecular flexibility index (Phi) is 4.49. The van der Waals surface area contributed by atoms with Crippen LogP contribution in [-0.4, -0.2) is 73.4 Å². The van der Waals surface area contributed by atoms with Crippen LogP contribution in [0.5, 0.6) is 0 Å². The van der Waals surface area contributed by atoms with E-state index in [-0.39, 0.29) is 0 Å². The minimum absolute atomic E-state index is 0.479. The van der Waals surface area contributed by atoms with Crippen LogP contribution >= 0.6 is 0 Å². The van der Waals surface area contributed by atoms with Crippen LogP contribution in [0.2, 0.25) is 0 Å². The van der Waals surface area contributed by atoms with E-state index in [0.717, 1.165) is 18.6 Å². The maximum Gasteiger partial charge on any atom is 0.0707 e. The topological polar surface area (TPSA) is 27.7 Å². The summed E-state index contributed by atoms with van der Waals surface area (Å²) in [6, 6.07) is 1.65. The lowest BCUT2D eigenvalue weighted by molar-refractivity contribution is 0.0262. The Labute approximate surface area is 129 Å². The molecule has 1 aliphatic carbocycles. The summed E-state index contributed by atoms with van der Waals surface area (Å²) in [5, 5.41) is 3.61. The highest BCUT2D eigenvalue weighted by Crippen LogP contribution is 2.25. The molecular formula is C17H31N3O. The van der Waals surface area contributed by atoms with Gasteiger partial charge in [0, 0.05) is 31.7 Å². The zero-order valence-corrected chi connectivity index (χ0v) is 13.3. The number of rotatable bonds is 6. The molecule has 3 heterocycles. The van der Waals surface area contributed by atoms with Crippen LogP contribution in [0.15, 0.2) is 0 Å². The molecule has 0 aromatic heterocycles. The monoisotopic (exact) mass is 293 g/mol. The SMILES string of the molecule is C1CCN(C2CCN(CC3CCC(CNC4CC4)O3)C2)C1. The molecule has 3 saturated heterocycles. The van der Waals surface area contributed by atoms with Crippen molar-refractivity contribution in [3.63, 3.8) is 0 Å². The molecule has 4 aliphatic rings. The fourth-order valence-corrected chi connectivity index (χ4v) is 4.32. The van der Waals surface area contributed by atoms with Crippen molar-refractivity contribution in [2.24, 2.45) is 0 Å². The fourth-order valence-electron chi connectivity index (χ4n) is 4.32. The average molecular weight is 293 g/mol. The first kappa shape index (κ1) is 14.4. The van der Waals surface area contributed by atoms with Crippen molar-refractivity contribution >= 4 is 0 Å². The van der Waals surface area contributed by atoms with Crippen molar-refractivity contribution in [1.82, 2.24) is 15.1 Å². The quantitative estimate of drug-likeness (QED) is 0.802. The van der Waals surface area contributed by atoms with Gasteiger partial charge in [-0.25, -0.2) is 0 Å². The summed E-state index contributed by atoms with van der Waals surface area (Å²) < 4.78 is 6.24. The second-order valence-electron chi connectivity index (χ2n) is 7.59. The van der Waals surface area contributed by atoms with Gasteiger partial charge in [0.25, 0.3) is 0 Å². The predicted octanol–water partition coefficient (Wildman–Crippen LogP) is 1.46. The van der Waals surface area contributed by atoms with Crippen LogP contribution in [0.1, 0.15) is 44.9 Å². The molecule has 4 heteroatoms. The lowest BCUT2D eigenvalue weighted by Gasteiger charge is -2.25. The largest absolute Gasteiger partial charge is 0.372 e. The van der Waals surface area contributed by atoms with Crippen LogP contribution < -0.4 is 5.32 Å². The maximum atomic E-state index is 6.24. The number of hydrogen-bond donors (Lipinski definition) is 1. The third-order valence-corrected chi connectivity index (χ3v) is 5.77. The van der Waals surface area contributed by atoms with Gasteiger partial charge in [-0.2, -0.15) is 0 Å². The zero-order chi connectivity index (χ0) is 14.1. The summed E-state index contributed by atoms with van der Waals surface area (Å²) in [7, 11) is 0. The molecule has 0 amide bonds. The molecule has 4 nitrogen and oxygen atoms in total. The summed E-state index contributed by atoms with van der Waals surface area (Å²) >= 11 is 0. The highest BCUT2D eigenvalue weighted by atomic mass is 16.5. The van der Waals surface area contributed by atoms with Crippen molar-refractivity contribution in [3.05, 3.63) is 0 Å². The van der Waals surface area contributed by atoms with Gasteiger partial charge in [0.15, 0.2) is 0 Å². The Hall–Kier alpha value is -0.160. The molecule has 21 heavy (non-hydrogen) atoms. The van der Waals surface area contributed by atoms with Crippen LogP contribution in [0, 0.1) is 0 Å². The first-order valence-corrected chi connectivity index (χ1v) is 9.22. The van der Waals surface area contributed by atoms with E-state index in [1.165, 1.54) is 77.7 Å². The first-order valence-electron chi connectivity index (χ1n) is 9.22. The molecule has 1 saturated carbocycles. The molecule has 0 aromatic rings. The molecule has 1 N–H and O–H groups in total. The third kappa shape index (κ3) is 3.79. The van der Waals surface area contributed by atoms with E-state index < -0.39 is 0 Å². The molecule has 4 rings (SSSR count). The predicted molar refractivity (Wildman–Crippen MR) is 84.6 cm³/mol. The zero-order valence-electron chi connectivity index (χ0n) is 13.3. The number of ether oxygens (including phenoxy) is 1. The van der Waals surface area contributed by atoms with Gasteiger partial charge in [0.2, 0.25) is 0 Å². The van der Waals surface area contributed by atoms with Crippen LogP contribution in [-0.2, 0) is 4.74 Å². The van der Waals surface area contributed by atoms with Crippen molar-refractivity contribution in [3.8, 4) is 0 Å². The Morgan fingerprint density at radius 3 is 2.52 bits per heavy atom. The molecule has 4 fully saturated rings. The number of nitrogens with zero attached hydrogens (tertiary/aromatic N) is 2. The molecule has 120 valence electrons. The molecule has 0 radical (unpaired) electrons. The van der Waals surface area contributed by atoms with E-state index in [4.69, 9.17) is 4.74 Å². The lowest BCUT2D eigenvalue weighted by atomic mass is 10.2. The Bertz CT molecular complexity index is 341. The van der Waals surface area contributed by atoms with Crippen LogP contribution in [0.25, 0.3) is 0 Å². The highest BCUT2D eigenvalue weighted by Gasteiger charge is 2.33. The van der Waals surface area contributed by atoms with Gasteiger partial charge < -0.3 is 10.1 Å². The summed E-state index contributed by atoms with van der Waals surface area (Å²) in [6.07, 6.45) is 10.5. The molecule has 0 bridgehead atoms. The Morgan fingerprint density at radius 2 is 1.71 bits per heavy atom. The van der Waals surface area contributed by atoms with Crippen molar-refractivity contribution in [2.75, 3.05) is 39.3 Å². The normalized spacial score (nSPS) is 38.6. The standard InChI is InChI=1S/C17H31N3O/c1-2-9-20(8-1)15-7-10-19(12-15)13-17-6-5-16(21-17)11-18-14-3-4-14/h14-18H,1-13H2. The third-order valence-electron chi connectivity index (χ3n) is 5.77. The molecule has 0 aromatic carbocycles. The smallest absolute Gasteiger partial charge is 0.0707 e. The minimum atomic E-state index is 0.479. The van der Waals surface area contributed by atoms with E-state index in [9.17, 15) is 0 Å². The minimum Gasteiger partial charge on any atom is -0.372 e. The summed E-state index contributed by atoms with van der Waals surface area (Å²) in [5.41, 5.74) is 0. The summed E-state index contributed by atoms with van der Waals surface area (Å²) in [5.74, 6) is 0. The number of nitrogens with one attached hydrogen (secondary N) is 1. The van der Waals surface area contributed by atoms with Gasteiger partial charge in [-0.15, -0.1) is 0 Å². The van der Waals surface area contributed by atoms with Crippen molar-refractivity contribution in [1.29, 1.82) is 0 Å². The second-order valence-corrected chi connectivity index (χ2v) is 7.59. The fraction of sp³-hybridized carbons (Fsp3) is 1.00. The van der Waals surface area contributed by atoms with Gasteiger partial charge in [0.1, 0.15) is 0 Å². The van der Waals surface area contributed by atoms with Gasteiger partial charge >= 0.3 is 0 Å². The van der Waals surface area contributed by atoms with Crippen LogP contribution in [0.3, 0.4) is 0 Å². The Balaban J connectivity index is 1.17.